The van der Waals surface area contributed by atoms with Crippen LogP contribution in [-0.4, -0.2) is 24.1 Å². The molecule has 0 saturated heterocycles. The number of ether oxygens (including phenoxy) is 2. The Kier molecular flexibility index (Phi) is 8.30. The predicted molar refractivity (Wildman–Crippen MR) is 106 cm³/mol. The highest BCUT2D eigenvalue weighted by Gasteiger charge is 2.28. The van der Waals surface area contributed by atoms with Gasteiger partial charge in [-0.3, -0.25) is 14.9 Å². The summed E-state index contributed by atoms with van der Waals surface area (Å²) < 4.78 is 48.8. The average Bonchev–Trinajstić information content (AvgIpc) is 2.63. The summed E-state index contributed by atoms with van der Waals surface area (Å²) in [5, 5.41) is 14.0. The van der Waals surface area contributed by atoms with Gasteiger partial charge in [0.25, 0.3) is 5.69 Å². The van der Waals surface area contributed by atoms with Crippen LogP contribution in [0.15, 0.2) is 34.8 Å². The third-order valence-corrected chi connectivity index (χ3v) is 4.76. The molecule has 2 rings (SSSR count). The van der Waals surface area contributed by atoms with E-state index in [4.69, 9.17) is 16.3 Å². The summed E-state index contributed by atoms with van der Waals surface area (Å²) in [6.45, 7) is -1.56. The van der Waals surface area contributed by atoms with E-state index in [2.05, 4.69) is 26.0 Å². The number of alkyl halides is 2. The Bertz CT molecular complexity index is 948. The Labute approximate surface area is 182 Å². The molecule has 162 valence electrons. The standard InChI is InChI=1S/C18H15BrClF3N2O5/c1-2-29-16(26)8-13(17-10(20)4-3-5-15(17)30-18(22)23)24-12-6-9(19)11(21)7-14(12)25(27)28/h3-7,13,18,24H,2,8H2,1H3/t13-/m1/s1. The molecule has 7 nitrogen and oxygen atoms in total. The first kappa shape index (κ1) is 23.7. The molecule has 0 aliphatic carbocycles. The number of esters is 1. The highest BCUT2D eigenvalue weighted by atomic mass is 79.9. The maximum Gasteiger partial charge on any atom is 0.387 e. The lowest BCUT2D eigenvalue weighted by Gasteiger charge is -2.23. The molecule has 0 aliphatic heterocycles. The summed E-state index contributed by atoms with van der Waals surface area (Å²) in [6.07, 6.45) is -0.427. The summed E-state index contributed by atoms with van der Waals surface area (Å²) in [5.41, 5.74) is -0.847. The maximum atomic E-state index is 13.8. The second-order valence-electron chi connectivity index (χ2n) is 5.78. The zero-order valence-corrected chi connectivity index (χ0v) is 17.7. The van der Waals surface area contributed by atoms with Gasteiger partial charge in [0.15, 0.2) is 0 Å². The van der Waals surface area contributed by atoms with Crippen LogP contribution >= 0.6 is 27.5 Å². The molecule has 0 aromatic heterocycles. The Morgan fingerprint density at radius 3 is 2.67 bits per heavy atom. The molecule has 2 aromatic rings. The van der Waals surface area contributed by atoms with E-state index >= 15 is 0 Å². The van der Waals surface area contributed by atoms with Crippen LogP contribution in [-0.2, 0) is 9.53 Å². The number of nitrogens with zero attached hydrogens (tertiary/aromatic N) is 1. The number of nitrogens with one attached hydrogen (secondary N) is 1. The zero-order valence-electron chi connectivity index (χ0n) is 15.3. The lowest BCUT2D eigenvalue weighted by molar-refractivity contribution is -0.384. The molecule has 0 bridgehead atoms. The van der Waals surface area contributed by atoms with Gasteiger partial charge in [0, 0.05) is 10.6 Å². The van der Waals surface area contributed by atoms with E-state index in [0.29, 0.717) is 6.07 Å². The number of anilines is 1. The van der Waals surface area contributed by atoms with E-state index in [1.165, 1.54) is 18.2 Å². The van der Waals surface area contributed by atoms with Crippen LogP contribution in [0, 0.1) is 15.9 Å². The van der Waals surface area contributed by atoms with Crippen LogP contribution in [0.3, 0.4) is 0 Å². The number of halogens is 5. The third-order valence-electron chi connectivity index (χ3n) is 3.82. The molecule has 0 amide bonds. The molecule has 2 aromatic carbocycles. The van der Waals surface area contributed by atoms with Gasteiger partial charge >= 0.3 is 12.6 Å². The number of hydrogen-bond donors (Lipinski definition) is 1. The highest BCUT2D eigenvalue weighted by molar-refractivity contribution is 9.10. The molecule has 0 radical (unpaired) electrons. The summed E-state index contributed by atoms with van der Waals surface area (Å²) in [6, 6.07) is 4.56. The fraction of sp³-hybridized carbons (Fsp3) is 0.278. The molecular weight excluding hydrogens is 497 g/mol. The van der Waals surface area contributed by atoms with Gasteiger partial charge in [0.2, 0.25) is 0 Å². The van der Waals surface area contributed by atoms with E-state index in [-0.39, 0.29) is 33.1 Å². The van der Waals surface area contributed by atoms with Gasteiger partial charge in [0.1, 0.15) is 17.3 Å². The highest BCUT2D eigenvalue weighted by Crippen LogP contribution is 2.39. The van der Waals surface area contributed by atoms with E-state index < -0.39 is 41.5 Å². The molecule has 0 aliphatic rings. The molecule has 0 heterocycles. The van der Waals surface area contributed by atoms with Crippen LogP contribution < -0.4 is 10.1 Å². The quantitative estimate of drug-likeness (QED) is 0.258. The van der Waals surface area contributed by atoms with Crippen molar-refractivity contribution < 1.29 is 32.4 Å². The van der Waals surface area contributed by atoms with Gasteiger partial charge in [-0.1, -0.05) is 17.7 Å². The molecule has 12 heteroatoms. The Morgan fingerprint density at radius 2 is 2.07 bits per heavy atom. The number of carbonyl (C=O) groups is 1. The molecule has 30 heavy (non-hydrogen) atoms. The normalized spacial score (nSPS) is 11.8. The molecule has 0 spiro atoms. The fourth-order valence-electron chi connectivity index (χ4n) is 2.66. The zero-order chi connectivity index (χ0) is 22.4. The predicted octanol–water partition coefficient (Wildman–Crippen LogP) is 5.86. The van der Waals surface area contributed by atoms with E-state index in [0.717, 1.165) is 6.07 Å². The van der Waals surface area contributed by atoms with Crippen molar-refractivity contribution in [2.45, 2.75) is 26.0 Å². The van der Waals surface area contributed by atoms with Crippen LogP contribution in [0.5, 0.6) is 5.75 Å². The minimum atomic E-state index is -3.18. The maximum absolute atomic E-state index is 13.8. The number of rotatable bonds is 9. The summed E-state index contributed by atoms with van der Waals surface area (Å²) in [4.78, 5) is 22.6. The molecule has 0 unspecified atom stereocenters. The smallest absolute Gasteiger partial charge is 0.387 e. The first-order valence-electron chi connectivity index (χ1n) is 8.42. The lowest BCUT2D eigenvalue weighted by atomic mass is 10.0. The lowest BCUT2D eigenvalue weighted by Crippen LogP contribution is -2.20. The molecular formula is C18H15BrClF3N2O5. The number of nitro groups is 1. The van der Waals surface area contributed by atoms with Gasteiger partial charge in [-0.2, -0.15) is 8.78 Å². The van der Waals surface area contributed by atoms with Gasteiger partial charge in [-0.15, -0.1) is 0 Å². The minimum Gasteiger partial charge on any atom is -0.466 e. The number of benzene rings is 2. The number of carbonyl (C=O) groups excluding carboxylic acids is 1. The largest absolute Gasteiger partial charge is 0.466 e. The van der Waals surface area contributed by atoms with E-state index in [9.17, 15) is 28.1 Å². The number of hydrogen-bond acceptors (Lipinski definition) is 6. The van der Waals surface area contributed by atoms with Crippen molar-refractivity contribution in [2.75, 3.05) is 11.9 Å². The van der Waals surface area contributed by atoms with Crippen LogP contribution in [0.1, 0.15) is 24.9 Å². The summed E-state index contributed by atoms with van der Waals surface area (Å²) in [5.74, 6) is -1.93. The first-order chi connectivity index (χ1) is 14.1. The Balaban J connectivity index is 2.58. The van der Waals surface area contributed by atoms with Crippen molar-refractivity contribution in [3.63, 3.8) is 0 Å². The molecule has 1 N–H and O–H groups in total. The first-order valence-corrected chi connectivity index (χ1v) is 9.59. The van der Waals surface area contributed by atoms with Crippen LogP contribution in [0.2, 0.25) is 5.02 Å². The van der Waals surface area contributed by atoms with Crippen LogP contribution in [0.4, 0.5) is 24.5 Å². The monoisotopic (exact) mass is 510 g/mol. The fourth-order valence-corrected chi connectivity index (χ4v) is 3.30. The van der Waals surface area contributed by atoms with Crippen molar-refractivity contribution >= 4 is 44.9 Å². The van der Waals surface area contributed by atoms with E-state index in [1.54, 1.807) is 6.92 Å². The van der Waals surface area contributed by atoms with Gasteiger partial charge < -0.3 is 14.8 Å². The van der Waals surface area contributed by atoms with Crippen molar-refractivity contribution in [2.24, 2.45) is 0 Å². The second-order valence-corrected chi connectivity index (χ2v) is 7.04. The second kappa shape index (κ2) is 10.5. The van der Waals surface area contributed by atoms with Gasteiger partial charge in [-0.25, -0.2) is 4.39 Å². The van der Waals surface area contributed by atoms with Crippen molar-refractivity contribution in [3.05, 3.63) is 61.3 Å². The van der Waals surface area contributed by atoms with E-state index in [1.807, 2.05) is 0 Å². The van der Waals surface area contributed by atoms with Crippen molar-refractivity contribution in [1.29, 1.82) is 0 Å². The van der Waals surface area contributed by atoms with Crippen LogP contribution in [0.25, 0.3) is 0 Å². The summed E-state index contributed by atoms with van der Waals surface area (Å²) >= 11 is 9.11. The van der Waals surface area contributed by atoms with Gasteiger partial charge in [-0.05, 0) is 41.1 Å². The van der Waals surface area contributed by atoms with Gasteiger partial charge in [0.05, 0.1) is 34.5 Å². The minimum absolute atomic E-state index is 0.0289. The number of nitro benzene ring substituents is 1. The Hall–Kier alpha value is -2.53. The average molecular weight is 512 g/mol. The Morgan fingerprint density at radius 1 is 1.37 bits per heavy atom. The summed E-state index contributed by atoms with van der Waals surface area (Å²) in [7, 11) is 0. The van der Waals surface area contributed by atoms with Crippen molar-refractivity contribution in [3.8, 4) is 5.75 Å². The molecule has 0 saturated carbocycles. The third kappa shape index (κ3) is 5.99. The van der Waals surface area contributed by atoms with Crippen molar-refractivity contribution in [1.82, 2.24) is 0 Å². The molecule has 0 fully saturated rings. The topological polar surface area (TPSA) is 90.7 Å². The molecule has 1 atom stereocenters. The SMILES string of the molecule is CCOC(=O)C[C@@H](Nc1cc(Br)c(F)cc1[N+](=O)[O-])c1c(Cl)cccc1OC(F)F.